The Morgan fingerprint density at radius 2 is 2.00 bits per heavy atom. The van der Waals surface area contributed by atoms with Gasteiger partial charge in [-0.1, -0.05) is 12.1 Å². The monoisotopic (exact) mass is 537 g/mol. The fraction of sp³-hybridized carbons (Fsp3) is 0.391. The molecule has 2 aromatic rings. The van der Waals surface area contributed by atoms with Crippen LogP contribution in [-0.2, 0) is 6.54 Å². The number of ether oxygens (including phenoxy) is 1. The molecule has 0 aromatic heterocycles. The third-order valence-electron chi connectivity index (χ3n) is 5.37. The number of aliphatic imine (C=N–C) groups is 1. The van der Waals surface area contributed by atoms with Gasteiger partial charge in [-0.25, -0.2) is 4.39 Å². The molecule has 0 spiro atoms. The Bertz CT molecular complexity index is 924. The average molecular weight is 537 g/mol. The summed E-state index contributed by atoms with van der Waals surface area (Å²) < 4.78 is 19.4. The smallest absolute Gasteiger partial charge is 0.191 e. The highest BCUT2D eigenvalue weighted by atomic mass is 127. The lowest BCUT2D eigenvalue weighted by Gasteiger charge is -2.29. The Balaban J connectivity index is 0.00000341. The summed E-state index contributed by atoms with van der Waals surface area (Å²) >= 11 is 0. The third kappa shape index (κ3) is 6.80. The molecule has 31 heavy (non-hydrogen) atoms. The molecule has 1 atom stereocenters. The van der Waals surface area contributed by atoms with Crippen molar-refractivity contribution >= 4 is 29.9 Å². The molecular formula is C23H29FIN5O. The van der Waals surface area contributed by atoms with Gasteiger partial charge in [-0.15, -0.1) is 24.0 Å². The summed E-state index contributed by atoms with van der Waals surface area (Å²) in [5.74, 6) is 1.08. The van der Waals surface area contributed by atoms with E-state index in [4.69, 9.17) is 10.00 Å². The second-order valence-corrected chi connectivity index (χ2v) is 7.26. The van der Waals surface area contributed by atoms with Crippen molar-refractivity contribution in [1.29, 1.82) is 5.26 Å². The Kier molecular flexibility index (Phi) is 10.0. The number of halogens is 2. The van der Waals surface area contributed by atoms with Gasteiger partial charge in [0, 0.05) is 25.7 Å². The number of nitrogens with zero attached hydrogens (tertiary/aromatic N) is 3. The van der Waals surface area contributed by atoms with E-state index >= 15 is 0 Å². The topological polar surface area (TPSA) is 72.7 Å². The number of hydrogen-bond acceptors (Lipinski definition) is 4. The number of benzene rings is 2. The first-order chi connectivity index (χ1) is 14.6. The number of methoxy groups -OCH3 is 1. The van der Waals surface area contributed by atoms with Crippen molar-refractivity contribution in [3.63, 3.8) is 0 Å². The van der Waals surface area contributed by atoms with Crippen molar-refractivity contribution in [2.24, 2.45) is 4.99 Å². The van der Waals surface area contributed by atoms with Crippen LogP contribution in [0.4, 0.5) is 4.39 Å². The molecule has 3 rings (SSSR count). The summed E-state index contributed by atoms with van der Waals surface area (Å²) in [5, 5.41) is 15.5. The molecule has 1 aliphatic rings. The van der Waals surface area contributed by atoms with Crippen molar-refractivity contribution in [3.8, 4) is 11.8 Å². The molecule has 0 saturated carbocycles. The van der Waals surface area contributed by atoms with Gasteiger partial charge in [0.2, 0.25) is 0 Å². The normalized spacial score (nSPS) is 15.0. The average Bonchev–Trinajstić information content (AvgIpc) is 3.31. The molecule has 0 radical (unpaired) electrons. The van der Waals surface area contributed by atoms with Gasteiger partial charge in [-0.2, -0.15) is 5.26 Å². The van der Waals surface area contributed by atoms with Crippen LogP contribution in [0.15, 0.2) is 47.5 Å². The van der Waals surface area contributed by atoms with Crippen LogP contribution in [0.3, 0.4) is 0 Å². The summed E-state index contributed by atoms with van der Waals surface area (Å²) in [6, 6.07) is 14.7. The zero-order valence-electron chi connectivity index (χ0n) is 17.9. The summed E-state index contributed by atoms with van der Waals surface area (Å²) in [5.41, 5.74) is 2.05. The molecule has 2 aromatic carbocycles. The molecule has 1 unspecified atom stereocenters. The minimum atomic E-state index is -0.344. The predicted octanol–water partition coefficient (Wildman–Crippen LogP) is 3.83. The highest BCUT2D eigenvalue weighted by molar-refractivity contribution is 14.0. The molecule has 0 bridgehead atoms. The van der Waals surface area contributed by atoms with E-state index in [2.05, 4.69) is 32.7 Å². The maximum Gasteiger partial charge on any atom is 0.191 e. The molecule has 8 heteroatoms. The molecule has 2 N–H and O–H groups in total. The second-order valence-electron chi connectivity index (χ2n) is 7.26. The van der Waals surface area contributed by atoms with Crippen LogP contribution in [0.2, 0.25) is 0 Å². The molecule has 0 aliphatic carbocycles. The first kappa shape index (κ1) is 24.9. The number of guanidine groups is 1. The zero-order valence-corrected chi connectivity index (χ0v) is 20.2. The Morgan fingerprint density at radius 1 is 1.23 bits per heavy atom. The second kappa shape index (κ2) is 12.5. The lowest BCUT2D eigenvalue weighted by molar-refractivity contribution is 0.245. The van der Waals surface area contributed by atoms with Crippen molar-refractivity contribution in [1.82, 2.24) is 15.5 Å². The Labute approximate surface area is 200 Å². The molecular weight excluding hydrogens is 508 g/mol. The van der Waals surface area contributed by atoms with Gasteiger partial charge in [-0.3, -0.25) is 9.89 Å². The maximum atomic E-state index is 14.0. The molecule has 166 valence electrons. The lowest BCUT2D eigenvalue weighted by Crippen LogP contribution is -2.42. The highest BCUT2D eigenvalue weighted by Gasteiger charge is 2.24. The van der Waals surface area contributed by atoms with E-state index in [0.29, 0.717) is 23.6 Å². The van der Waals surface area contributed by atoms with Crippen molar-refractivity contribution in [3.05, 3.63) is 65.0 Å². The van der Waals surface area contributed by atoms with E-state index in [-0.39, 0.29) is 42.4 Å². The predicted molar refractivity (Wildman–Crippen MR) is 131 cm³/mol. The number of nitriles is 1. The van der Waals surface area contributed by atoms with Gasteiger partial charge < -0.3 is 15.4 Å². The van der Waals surface area contributed by atoms with Gasteiger partial charge in [0.05, 0.1) is 24.8 Å². The van der Waals surface area contributed by atoms with Crippen molar-refractivity contribution < 1.29 is 9.13 Å². The Hall–Kier alpha value is -2.38. The van der Waals surface area contributed by atoms with Crippen LogP contribution in [-0.4, -0.2) is 44.7 Å². The minimum Gasteiger partial charge on any atom is -0.497 e. The largest absolute Gasteiger partial charge is 0.497 e. The highest BCUT2D eigenvalue weighted by Crippen LogP contribution is 2.27. The SMILES string of the molecule is CN=C(NCc1cc(C#N)ccc1F)NCC(c1cccc(OC)c1)N1CCCC1.I. The van der Waals surface area contributed by atoms with E-state index in [0.717, 1.165) is 18.8 Å². The van der Waals surface area contributed by atoms with Crippen LogP contribution in [0, 0.1) is 17.1 Å². The van der Waals surface area contributed by atoms with Crippen LogP contribution in [0.25, 0.3) is 0 Å². The fourth-order valence-corrected chi connectivity index (χ4v) is 3.73. The van der Waals surface area contributed by atoms with Crippen LogP contribution in [0.5, 0.6) is 5.75 Å². The van der Waals surface area contributed by atoms with Gasteiger partial charge in [0.25, 0.3) is 0 Å². The molecule has 0 amide bonds. The number of likely N-dealkylation sites (tertiary alicyclic amines) is 1. The zero-order chi connectivity index (χ0) is 21.3. The van der Waals surface area contributed by atoms with Gasteiger partial charge in [0.1, 0.15) is 11.6 Å². The number of rotatable bonds is 7. The van der Waals surface area contributed by atoms with E-state index in [1.54, 1.807) is 20.2 Å². The molecule has 1 fully saturated rings. The molecule has 1 saturated heterocycles. The summed E-state index contributed by atoms with van der Waals surface area (Å²) in [4.78, 5) is 6.73. The van der Waals surface area contributed by atoms with Crippen LogP contribution in [0.1, 0.15) is 35.6 Å². The van der Waals surface area contributed by atoms with E-state index in [1.807, 2.05) is 18.2 Å². The van der Waals surface area contributed by atoms with Crippen LogP contribution < -0.4 is 15.4 Å². The third-order valence-corrected chi connectivity index (χ3v) is 5.37. The first-order valence-electron chi connectivity index (χ1n) is 10.2. The summed E-state index contributed by atoms with van der Waals surface area (Å²) in [6.07, 6.45) is 2.39. The first-order valence-corrected chi connectivity index (χ1v) is 10.2. The van der Waals surface area contributed by atoms with Crippen molar-refractivity contribution in [2.75, 3.05) is 33.8 Å². The quantitative estimate of drug-likeness (QED) is 0.319. The minimum absolute atomic E-state index is 0. The molecule has 1 heterocycles. The summed E-state index contributed by atoms with van der Waals surface area (Å²) in [6.45, 7) is 3.02. The number of hydrogen-bond donors (Lipinski definition) is 2. The van der Waals surface area contributed by atoms with E-state index in [9.17, 15) is 4.39 Å². The van der Waals surface area contributed by atoms with Gasteiger partial charge in [0.15, 0.2) is 5.96 Å². The van der Waals surface area contributed by atoms with Gasteiger partial charge in [-0.05, 0) is 61.8 Å². The maximum absolute atomic E-state index is 14.0. The molecule has 6 nitrogen and oxygen atoms in total. The summed E-state index contributed by atoms with van der Waals surface area (Å²) in [7, 11) is 3.36. The van der Waals surface area contributed by atoms with E-state index < -0.39 is 0 Å². The van der Waals surface area contributed by atoms with Gasteiger partial charge >= 0.3 is 0 Å². The Morgan fingerprint density at radius 3 is 2.68 bits per heavy atom. The fourth-order valence-electron chi connectivity index (χ4n) is 3.73. The number of nitrogens with one attached hydrogen (secondary N) is 2. The molecule has 1 aliphatic heterocycles. The standard InChI is InChI=1S/C23H28FN5O.HI/c1-26-23(27-15-19-12-17(14-25)8-9-21(19)24)28-16-22(29-10-3-4-11-29)18-6-5-7-20(13-18)30-2;/h5-9,12-13,22H,3-4,10-11,15-16H2,1-2H3,(H2,26,27,28);1H. The van der Waals surface area contributed by atoms with Crippen LogP contribution >= 0.6 is 24.0 Å². The van der Waals surface area contributed by atoms with E-state index in [1.165, 1.54) is 30.5 Å². The lowest BCUT2D eigenvalue weighted by atomic mass is 10.1. The van der Waals surface area contributed by atoms with Crippen molar-refractivity contribution in [2.45, 2.75) is 25.4 Å².